The van der Waals surface area contributed by atoms with Crippen LogP contribution in [0.5, 0.6) is 0 Å². The molecule has 2 rings (SSSR count). The van der Waals surface area contributed by atoms with Crippen LogP contribution in [0.3, 0.4) is 0 Å². The van der Waals surface area contributed by atoms with Gasteiger partial charge in [0.1, 0.15) is 0 Å². The molecule has 0 aliphatic rings. The largest absolute Gasteiger partial charge is 0.545 e. The standard InChI is InChI=1S/C16H19NOS.C4H4O4/c1-13(17-2)12-14-8-6-7-11-16(14)19(18)15-9-4-3-5-10-15;5-3(6)1-2-4(7)8/h3-11,13,17H,12H2,1-2H3;1-2H,(H,5,6)(H,7,8)/p-2/b;2-1-. The van der Waals surface area contributed by atoms with E-state index in [1.54, 1.807) is 0 Å². The Labute approximate surface area is 161 Å². The summed E-state index contributed by atoms with van der Waals surface area (Å²) >= 11 is 0. The monoisotopic (exact) mass is 387 g/mol. The van der Waals surface area contributed by atoms with E-state index in [4.69, 9.17) is 0 Å². The number of hydrogen-bond acceptors (Lipinski definition) is 6. The third-order valence-corrected chi connectivity index (χ3v) is 5.00. The van der Waals surface area contributed by atoms with Crippen LogP contribution in [0.25, 0.3) is 0 Å². The lowest BCUT2D eigenvalue weighted by Gasteiger charge is -2.13. The summed E-state index contributed by atoms with van der Waals surface area (Å²) in [5.41, 5.74) is 1.14. The maximum absolute atomic E-state index is 12.6. The van der Waals surface area contributed by atoms with Crippen LogP contribution in [-0.4, -0.2) is 29.2 Å². The topological polar surface area (TPSA) is 109 Å². The number of aliphatic carboxylic acids is 2. The summed E-state index contributed by atoms with van der Waals surface area (Å²) in [6.45, 7) is 2.13. The lowest BCUT2D eigenvalue weighted by Crippen LogP contribution is -2.24. The number of carboxylic acids is 2. The first-order valence-corrected chi connectivity index (χ1v) is 9.32. The van der Waals surface area contributed by atoms with Gasteiger partial charge in [-0.1, -0.05) is 36.4 Å². The molecule has 2 atom stereocenters. The first-order valence-electron chi connectivity index (χ1n) is 8.17. The van der Waals surface area contributed by atoms with Crippen molar-refractivity contribution in [3.8, 4) is 0 Å². The first kappa shape index (κ1) is 22.3. The second-order valence-electron chi connectivity index (χ2n) is 5.55. The second kappa shape index (κ2) is 11.8. The van der Waals surface area contributed by atoms with Crippen LogP contribution in [0.1, 0.15) is 12.5 Å². The molecule has 0 aliphatic carbocycles. The molecule has 1 N–H and O–H groups in total. The Morgan fingerprint density at radius 3 is 2.04 bits per heavy atom. The van der Waals surface area contributed by atoms with Gasteiger partial charge in [-0.05, 0) is 56.3 Å². The van der Waals surface area contributed by atoms with Crippen molar-refractivity contribution in [2.24, 2.45) is 0 Å². The highest BCUT2D eigenvalue weighted by Gasteiger charge is 2.12. The number of carbonyl (C=O) groups is 2. The lowest BCUT2D eigenvalue weighted by atomic mass is 10.1. The molecule has 2 unspecified atom stereocenters. The predicted octanol–water partition coefficient (Wildman–Crippen LogP) is 0.0461. The highest BCUT2D eigenvalue weighted by atomic mass is 32.2. The Bertz CT molecular complexity index is 789. The van der Waals surface area contributed by atoms with Gasteiger partial charge in [0.25, 0.3) is 0 Å². The maximum Gasteiger partial charge on any atom is 0.0852 e. The number of carboxylic acid groups (broad SMARTS) is 2. The Kier molecular flexibility index (Phi) is 9.71. The fraction of sp³-hybridized carbons (Fsp3) is 0.200. The molecule has 2 aromatic carbocycles. The molecule has 0 heterocycles. The minimum Gasteiger partial charge on any atom is -0.545 e. The van der Waals surface area contributed by atoms with Gasteiger partial charge in [0.2, 0.25) is 0 Å². The summed E-state index contributed by atoms with van der Waals surface area (Å²) in [5, 5.41) is 22.0. The lowest BCUT2D eigenvalue weighted by molar-refractivity contribution is -0.301. The van der Waals surface area contributed by atoms with E-state index in [-0.39, 0.29) is 0 Å². The molecule has 0 radical (unpaired) electrons. The van der Waals surface area contributed by atoms with E-state index in [1.165, 1.54) is 0 Å². The van der Waals surface area contributed by atoms with Crippen molar-refractivity contribution in [3.05, 3.63) is 72.3 Å². The average molecular weight is 387 g/mol. The second-order valence-corrected chi connectivity index (χ2v) is 7.00. The Balaban J connectivity index is 0.000000387. The van der Waals surface area contributed by atoms with Crippen molar-refractivity contribution in [1.29, 1.82) is 0 Å². The summed E-state index contributed by atoms with van der Waals surface area (Å²) in [6.07, 6.45) is 1.65. The molecule has 144 valence electrons. The van der Waals surface area contributed by atoms with Crippen molar-refractivity contribution >= 4 is 22.7 Å². The Morgan fingerprint density at radius 2 is 1.52 bits per heavy atom. The molecule has 0 bridgehead atoms. The molecule has 7 heteroatoms. The SMILES string of the molecule is CNC(C)Cc1ccccc1S(=O)c1ccccc1.O=C([O-])/C=C\C(=O)[O-]. The summed E-state index contributed by atoms with van der Waals surface area (Å²) in [5.74, 6) is -3.09. The third kappa shape index (κ3) is 8.44. The first-order chi connectivity index (χ1) is 12.8. The zero-order chi connectivity index (χ0) is 20.2. The van der Waals surface area contributed by atoms with Crippen LogP contribution in [0.4, 0.5) is 0 Å². The smallest absolute Gasteiger partial charge is 0.0852 e. The number of likely N-dealkylation sites (N-methyl/N-ethyl adjacent to an activating group) is 1. The van der Waals surface area contributed by atoms with E-state index in [2.05, 4.69) is 18.3 Å². The van der Waals surface area contributed by atoms with E-state index in [0.29, 0.717) is 18.2 Å². The van der Waals surface area contributed by atoms with Crippen molar-refractivity contribution in [3.63, 3.8) is 0 Å². The molecule has 2 aromatic rings. The number of carbonyl (C=O) groups excluding carboxylic acids is 2. The van der Waals surface area contributed by atoms with Crippen molar-refractivity contribution in [2.45, 2.75) is 29.2 Å². The molecule has 0 aliphatic heterocycles. The van der Waals surface area contributed by atoms with Crippen molar-refractivity contribution < 1.29 is 24.0 Å². The van der Waals surface area contributed by atoms with Gasteiger partial charge in [-0.25, -0.2) is 4.21 Å². The molecule has 0 fully saturated rings. The highest BCUT2D eigenvalue weighted by molar-refractivity contribution is 7.85. The van der Waals surface area contributed by atoms with Gasteiger partial charge >= 0.3 is 0 Å². The van der Waals surface area contributed by atoms with Gasteiger partial charge in [-0.2, -0.15) is 0 Å². The van der Waals surface area contributed by atoms with E-state index in [0.717, 1.165) is 21.8 Å². The molecule has 27 heavy (non-hydrogen) atoms. The molecule has 6 nitrogen and oxygen atoms in total. The fourth-order valence-electron chi connectivity index (χ4n) is 2.09. The molecule has 0 spiro atoms. The van der Waals surface area contributed by atoms with Gasteiger partial charge in [-0.15, -0.1) is 0 Å². The van der Waals surface area contributed by atoms with Crippen LogP contribution < -0.4 is 15.5 Å². The minimum atomic E-state index is -1.55. The van der Waals surface area contributed by atoms with Crippen molar-refractivity contribution in [1.82, 2.24) is 5.32 Å². The van der Waals surface area contributed by atoms with E-state index in [9.17, 15) is 24.0 Å². The quantitative estimate of drug-likeness (QED) is 0.672. The fourth-order valence-corrected chi connectivity index (χ4v) is 3.34. The third-order valence-electron chi connectivity index (χ3n) is 3.50. The molecule has 0 saturated heterocycles. The number of nitrogens with one attached hydrogen (secondary N) is 1. The van der Waals surface area contributed by atoms with E-state index in [1.807, 2.05) is 55.6 Å². The van der Waals surface area contributed by atoms with Gasteiger partial charge in [-0.3, -0.25) is 0 Å². The van der Waals surface area contributed by atoms with Crippen molar-refractivity contribution in [2.75, 3.05) is 7.05 Å². The number of benzene rings is 2. The maximum atomic E-state index is 12.6. The van der Waals surface area contributed by atoms with Crippen LogP contribution in [0, 0.1) is 0 Å². The zero-order valence-electron chi connectivity index (χ0n) is 15.1. The summed E-state index contributed by atoms with van der Waals surface area (Å²) in [6, 6.07) is 17.9. The van der Waals surface area contributed by atoms with Gasteiger partial charge in [0, 0.05) is 15.8 Å². The molecule has 0 aromatic heterocycles. The molecule has 0 saturated carbocycles. The zero-order valence-corrected chi connectivity index (χ0v) is 15.9. The van der Waals surface area contributed by atoms with Gasteiger partial charge in [0.15, 0.2) is 0 Å². The summed E-state index contributed by atoms with van der Waals surface area (Å²) < 4.78 is 12.6. The van der Waals surface area contributed by atoms with E-state index >= 15 is 0 Å². The Morgan fingerprint density at radius 1 is 1.00 bits per heavy atom. The minimum absolute atomic E-state index is 0.369. The van der Waals surface area contributed by atoms with Gasteiger partial charge < -0.3 is 25.1 Å². The van der Waals surface area contributed by atoms with Crippen LogP contribution in [0.2, 0.25) is 0 Å². The van der Waals surface area contributed by atoms with Crippen LogP contribution >= 0.6 is 0 Å². The highest BCUT2D eigenvalue weighted by Crippen LogP contribution is 2.21. The molecular formula is C20H21NO5S-2. The molecule has 0 amide bonds. The summed E-state index contributed by atoms with van der Waals surface area (Å²) in [4.78, 5) is 20.6. The summed E-state index contributed by atoms with van der Waals surface area (Å²) in [7, 11) is 0.841. The average Bonchev–Trinajstić information content (AvgIpc) is 2.67. The van der Waals surface area contributed by atoms with Crippen LogP contribution in [-0.2, 0) is 26.8 Å². The number of rotatable bonds is 7. The Hall–Kier alpha value is -2.77. The van der Waals surface area contributed by atoms with E-state index < -0.39 is 22.7 Å². The number of hydrogen-bond donors (Lipinski definition) is 1. The predicted molar refractivity (Wildman–Crippen MR) is 98.9 cm³/mol. The van der Waals surface area contributed by atoms with Gasteiger partial charge in [0.05, 0.1) is 22.7 Å². The van der Waals surface area contributed by atoms with Crippen LogP contribution in [0.15, 0.2) is 76.5 Å². The molecular weight excluding hydrogens is 366 g/mol. The normalized spacial score (nSPS) is 12.7.